The van der Waals surface area contributed by atoms with Crippen molar-refractivity contribution in [3.05, 3.63) is 70.7 Å². The highest BCUT2D eigenvalue weighted by Gasteiger charge is 2.96. The highest BCUT2D eigenvalue weighted by atomic mass is 127. The van der Waals surface area contributed by atoms with Crippen LogP contribution in [0.2, 0.25) is 0 Å². The number of benzene rings is 2. The highest BCUT2D eigenvalue weighted by Crippen LogP contribution is 2.64. The van der Waals surface area contributed by atoms with Crippen molar-refractivity contribution in [3.63, 3.8) is 0 Å². The number of nitro groups is 1. The Kier molecular flexibility index (Phi) is 10.4. The van der Waals surface area contributed by atoms with Gasteiger partial charge in [-0.2, -0.15) is 83.1 Å². The van der Waals surface area contributed by atoms with Crippen LogP contribution in [-0.2, 0) is 12.6 Å². The minimum absolute atomic E-state index is 0.281. The van der Waals surface area contributed by atoms with E-state index in [4.69, 9.17) is 5.21 Å². The van der Waals surface area contributed by atoms with E-state index in [1.165, 1.54) is 0 Å². The van der Waals surface area contributed by atoms with Gasteiger partial charge in [0.2, 0.25) is 0 Å². The average molecular weight is 871 g/mol. The molecule has 0 fully saturated rings. The average Bonchev–Trinajstić information content (AvgIpc) is 2.94. The summed E-state index contributed by atoms with van der Waals surface area (Å²) in [7, 11) is -8.07. The van der Waals surface area contributed by atoms with Gasteiger partial charge in [0.1, 0.15) is 0 Å². The zero-order valence-corrected chi connectivity index (χ0v) is 24.6. The molecule has 2 aromatic carbocycles. The van der Waals surface area contributed by atoms with E-state index >= 15 is 0 Å². The van der Waals surface area contributed by atoms with E-state index in [0.717, 1.165) is 0 Å². The largest absolute Gasteiger partial charge is 0.460 e. The Bertz CT molecular complexity index is 1630. The molecule has 0 aliphatic rings. The molecule has 2 aromatic rings. The molecule has 0 bridgehead atoms. The van der Waals surface area contributed by atoms with Crippen LogP contribution in [0.5, 0.6) is 0 Å². The van der Waals surface area contributed by atoms with E-state index in [0.29, 0.717) is 42.5 Å². The number of nitro benzene ring substituents is 1. The topological polar surface area (TPSA) is 127 Å². The Balaban J connectivity index is 2.79. The van der Waals surface area contributed by atoms with E-state index < -0.39 is 106 Å². The summed E-state index contributed by atoms with van der Waals surface area (Å²) in [6.45, 7) is 0. The zero-order chi connectivity index (χ0) is 37.9. The first-order valence-electron chi connectivity index (χ1n) is 11.0. The molecule has 9 nitrogen and oxygen atoms in total. The summed E-state index contributed by atoms with van der Waals surface area (Å²) in [6, 6.07) is 4.37. The monoisotopic (exact) mass is 871 g/mol. The maximum Gasteiger partial charge on any atom is 0.460 e. The SMILES string of the molecule is O=[N+]([O-])c1cccc([I+](OS(=O)(=O)C(F)(F)C(F)(F)C(F)(F)C(F)(F)C(F)(F)C(F)(F)C(F)(F)C(F)(F)F)c2cccc([N+](=O)O)c2)c1. The van der Waals surface area contributed by atoms with Gasteiger partial charge in [-0.05, 0) is 14.6 Å². The Morgan fingerprint density at radius 1 is 0.604 bits per heavy atom. The molecule has 0 aromatic heterocycles. The smallest absolute Gasteiger partial charge is 0.258 e. The van der Waals surface area contributed by atoms with Gasteiger partial charge in [0.05, 0.1) is 22.0 Å². The van der Waals surface area contributed by atoms with E-state index in [9.17, 15) is 98.1 Å². The second-order valence-corrected chi connectivity index (χ2v) is 15.3. The van der Waals surface area contributed by atoms with Crippen molar-refractivity contribution in [1.29, 1.82) is 0 Å². The van der Waals surface area contributed by atoms with Crippen LogP contribution in [0.15, 0.2) is 48.5 Å². The van der Waals surface area contributed by atoms with E-state index in [1.54, 1.807) is 0 Å². The quantitative estimate of drug-likeness (QED) is 0.138. The summed E-state index contributed by atoms with van der Waals surface area (Å²) in [5.41, 5.74) is -2.01. The maximum atomic E-state index is 14.7. The first kappa shape index (κ1) is 40.9. The molecule has 1 radical (unpaired) electrons. The van der Waals surface area contributed by atoms with E-state index in [1.807, 2.05) is 0 Å². The van der Waals surface area contributed by atoms with E-state index in [-0.39, 0.29) is 6.07 Å². The molecular formula is C20H9F17IN2O7S+2. The molecule has 48 heavy (non-hydrogen) atoms. The summed E-state index contributed by atoms with van der Waals surface area (Å²) in [4.78, 5) is 20.0. The molecule has 2 rings (SSSR count). The van der Waals surface area contributed by atoms with Crippen LogP contribution in [0.4, 0.5) is 86.0 Å². The molecule has 0 heterocycles. The van der Waals surface area contributed by atoms with Gasteiger partial charge in [0.15, 0.2) is 7.14 Å². The minimum atomic E-state index is -9.06. The van der Waals surface area contributed by atoms with Crippen LogP contribution in [0.3, 0.4) is 0 Å². The van der Waals surface area contributed by atoms with Crippen LogP contribution < -0.4 is 20.2 Å². The minimum Gasteiger partial charge on any atom is -0.258 e. The van der Waals surface area contributed by atoms with Gasteiger partial charge in [-0.25, -0.2) is 5.21 Å². The van der Waals surface area contributed by atoms with Crippen LogP contribution >= 0.6 is 0 Å². The third-order valence-corrected chi connectivity index (χ3v) is 12.9. The maximum absolute atomic E-state index is 14.7. The molecular weight excluding hydrogens is 862 g/mol. The van der Waals surface area contributed by atoms with Gasteiger partial charge in [0.25, 0.3) is 10.6 Å². The number of halogens is 18. The van der Waals surface area contributed by atoms with Crippen LogP contribution in [0, 0.1) is 22.2 Å². The van der Waals surface area contributed by atoms with Crippen LogP contribution in [-0.4, -0.2) is 70.4 Å². The summed E-state index contributed by atoms with van der Waals surface area (Å²) in [6.07, 6.45) is -7.99. The highest BCUT2D eigenvalue weighted by molar-refractivity contribution is 7.87. The number of hydrogen-bond acceptors (Lipinski definition) is 6. The molecule has 0 unspecified atom stereocenters. The molecule has 0 atom stereocenters. The van der Waals surface area contributed by atoms with Gasteiger partial charge in [-0.15, -0.1) is 0 Å². The van der Waals surface area contributed by atoms with Crippen molar-refractivity contribution in [3.8, 4) is 0 Å². The van der Waals surface area contributed by atoms with Gasteiger partial charge >= 0.3 is 83.0 Å². The number of alkyl halides is 17. The van der Waals surface area contributed by atoms with Crippen molar-refractivity contribution < 1.29 is 121 Å². The van der Waals surface area contributed by atoms with Crippen molar-refractivity contribution in [2.45, 2.75) is 47.0 Å². The lowest BCUT2D eigenvalue weighted by atomic mass is 9.91. The predicted octanol–water partition coefficient (Wildman–Crippen LogP) is 4.29. The van der Waals surface area contributed by atoms with Crippen molar-refractivity contribution in [1.82, 2.24) is 0 Å². The molecule has 0 spiro atoms. The number of non-ortho nitro benzene ring substituents is 1. The van der Waals surface area contributed by atoms with Crippen molar-refractivity contribution >= 4 is 21.5 Å². The summed E-state index contributed by atoms with van der Waals surface area (Å²) < 4.78 is 259. The molecule has 0 aliphatic heterocycles. The van der Waals surface area contributed by atoms with Gasteiger partial charge in [0, 0.05) is 12.1 Å². The Morgan fingerprint density at radius 3 is 1.33 bits per heavy atom. The fraction of sp³-hybridized carbons (Fsp3) is 0.400. The van der Waals surface area contributed by atoms with Crippen LogP contribution in [0.25, 0.3) is 0 Å². The third-order valence-electron chi connectivity index (χ3n) is 5.60. The zero-order valence-electron chi connectivity index (χ0n) is 21.6. The first-order chi connectivity index (χ1) is 21.2. The lowest BCUT2D eigenvalue weighted by Gasteiger charge is -2.42. The molecule has 1 N–H and O–H groups in total. The van der Waals surface area contributed by atoms with Gasteiger partial charge < -0.3 is 0 Å². The Morgan fingerprint density at radius 2 is 0.958 bits per heavy atom. The Labute approximate surface area is 260 Å². The van der Waals surface area contributed by atoms with Gasteiger partial charge in [-0.1, -0.05) is 12.1 Å². The molecule has 0 aliphatic carbocycles. The molecule has 0 saturated heterocycles. The molecule has 28 heteroatoms. The fourth-order valence-corrected chi connectivity index (χ4v) is 10.2. The standard InChI is InChI=1S/C20H9F17IN2O7S/c21-13(22,15(25,26)17(29,30)19(33,34)35)14(23,24)16(27,28)18(31,32)20(36,37)48(45,46)47-38(9-3-1-5-11(7-9)39(41)42)10-4-2-6-12(8-10)40(43)44/h1-8H,(H,41,42)/q+2. The summed E-state index contributed by atoms with van der Waals surface area (Å²) in [5, 5.41) is 12.1. The van der Waals surface area contributed by atoms with Gasteiger partial charge in [-0.3, -0.25) is 10.1 Å². The molecule has 271 valence electrons. The molecule has 0 amide bonds. The van der Waals surface area contributed by atoms with Crippen molar-refractivity contribution in [2.24, 2.45) is 0 Å². The molecule has 0 saturated carbocycles. The Hall–Kier alpha value is -3.31. The second-order valence-electron chi connectivity index (χ2n) is 8.72. The predicted molar refractivity (Wildman–Crippen MR) is 113 cm³/mol. The second kappa shape index (κ2) is 12.2. The number of hydrogen-bond donors (Lipinski definition) is 1. The number of rotatable bonds is 13. The number of nitrogens with zero attached hydrogens (tertiary/aromatic N) is 2. The van der Waals surface area contributed by atoms with Crippen LogP contribution in [0.1, 0.15) is 0 Å². The third kappa shape index (κ3) is 6.17. The van der Waals surface area contributed by atoms with Crippen molar-refractivity contribution in [2.75, 3.05) is 0 Å². The fourth-order valence-electron chi connectivity index (χ4n) is 3.03. The first-order valence-corrected chi connectivity index (χ1v) is 15.5. The lowest BCUT2D eigenvalue weighted by molar-refractivity contribution is -1.03. The summed E-state index contributed by atoms with van der Waals surface area (Å²) >= 11 is -5.24. The summed E-state index contributed by atoms with van der Waals surface area (Å²) in [5.74, 6) is -52.9. The van der Waals surface area contributed by atoms with E-state index in [2.05, 4.69) is 2.51 Å². The normalized spacial score (nSPS) is 14.7. The lowest BCUT2D eigenvalue weighted by Crippen LogP contribution is -3.85.